The molecule has 2 N–H and O–H groups in total. The highest BCUT2D eigenvalue weighted by molar-refractivity contribution is 5.85. The lowest BCUT2D eigenvalue weighted by Crippen LogP contribution is -2.34. The maximum atomic E-state index is 11.9. The average Bonchev–Trinajstić information content (AvgIpc) is 2.71. The van der Waals surface area contributed by atoms with E-state index in [1.165, 1.54) is 5.56 Å². The monoisotopic (exact) mass is 268 g/mol. The van der Waals surface area contributed by atoms with Gasteiger partial charge in [0.15, 0.2) is 0 Å². The van der Waals surface area contributed by atoms with Gasteiger partial charge in [0.05, 0.1) is 0 Å². The number of benzene rings is 1. The van der Waals surface area contributed by atoms with Gasteiger partial charge in [-0.25, -0.2) is 0 Å². The van der Waals surface area contributed by atoms with E-state index in [1.807, 2.05) is 36.9 Å². The predicted octanol–water partition coefficient (Wildman–Crippen LogP) is 2.02. The number of rotatable bonds is 2. The number of likely N-dealkylation sites (tertiary alicyclic amines) is 1. The molecular weight excluding hydrogens is 248 g/mol. The van der Waals surface area contributed by atoms with Gasteiger partial charge in [0.1, 0.15) is 0 Å². The Balaban J connectivity index is 0.00000162. The van der Waals surface area contributed by atoms with Gasteiger partial charge in [-0.3, -0.25) is 4.79 Å². The number of halogens is 1. The minimum absolute atomic E-state index is 0. The van der Waals surface area contributed by atoms with E-state index in [2.05, 4.69) is 12.1 Å². The van der Waals surface area contributed by atoms with Gasteiger partial charge < -0.3 is 10.6 Å². The highest BCUT2D eigenvalue weighted by Crippen LogP contribution is 2.27. The van der Waals surface area contributed by atoms with E-state index >= 15 is 0 Å². The third-order valence-electron chi connectivity index (χ3n) is 3.40. The largest absolute Gasteiger partial charge is 0.340 e. The van der Waals surface area contributed by atoms with Crippen LogP contribution in [0.4, 0.5) is 0 Å². The van der Waals surface area contributed by atoms with Crippen LogP contribution in [0.2, 0.25) is 0 Å². The van der Waals surface area contributed by atoms with Gasteiger partial charge in [0.2, 0.25) is 5.91 Å². The van der Waals surface area contributed by atoms with Crippen LogP contribution in [0.15, 0.2) is 30.3 Å². The van der Waals surface area contributed by atoms with Gasteiger partial charge in [-0.05, 0) is 5.56 Å². The van der Waals surface area contributed by atoms with Crippen molar-refractivity contribution in [2.24, 2.45) is 11.7 Å². The number of nitrogens with two attached hydrogens (primary N) is 1. The molecule has 2 atom stereocenters. The molecule has 0 spiro atoms. The van der Waals surface area contributed by atoms with Crippen molar-refractivity contribution in [3.8, 4) is 0 Å². The molecule has 1 saturated heterocycles. The lowest BCUT2D eigenvalue weighted by atomic mass is 9.95. The van der Waals surface area contributed by atoms with Crippen LogP contribution >= 0.6 is 12.4 Å². The van der Waals surface area contributed by atoms with E-state index in [1.54, 1.807) is 0 Å². The van der Waals surface area contributed by atoms with E-state index in [-0.39, 0.29) is 36.2 Å². The third kappa shape index (κ3) is 3.03. The molecule has 0 radical (unpaired) electrons. The van der Waals surface area contributed by atoms with Gasteiger partial charge in [-0.1, -0.05) is 44.2 Å². The molecule has 1 fully saturated rings. The zero-order valence-corrected chi connectivity index (χ0v) is 11.7. The predicted molar refractivity (Wildman–Crippen MR) is 75.8 cm³/mol. The van der Waals surface area contributed by atoms with Crippen LogP contribution in [0.25, 0.3) is 0 Å². The van der Waals surface area contributed by atoms with Crippen LogP contribution in [0, 0.1) is 5.92 Å². The zero-order chi connectivity index (χ0) is 12.4. The van der Waals surface area contributed by atoms with Crippen molar-refractivity contribution >= 4 is 18.3 Å². The van der Waals surface area contributed by atoms with Crippen LogP contribution in [-0.2, 0) is 4.79 Å². The van der Waals surface area contributed by atoms with E-state index in [0.29, 0.717) is 6.54 Å². The Morgan fingerprint density at radius 3 is 2.44 bits per heavy atom. The number of hydrogen-bond donors (Lipinski definition) is 1. The van der Waals surface area contributed by atoms with Gasteiger partial charge in [-0.2, -0.15) is 0 Å². The summed E-state index contributed by atoms with van der Waals surface area (Å²) >= 11 is 0. The number of hydrogen-bond acceptors (Lipinski definition) is 2. The second-order valence-electron chi connectivity index (χ2n) is 5.08. The Hall–Kier alpha value is -1.06. The minimum atomic E-state index is 0. The molecule has 1 aliphatic heterocycles. The number of nitrogens with zero attached hydrogens (tertiary/aromatic N) is 1. The van der Waals surface area contributed by atoms with E-state index < -0.39 is 0 Å². The molecular formula is C14H21ClN2O. The lowest BCUT2D eigenvalue weighted by Gasteiger charge is -2.18. The van der Waals surface area contributed by atoms with Gasteiger partial charge >= 0.3 is 0 Å². The van der Waals surface area contributed by atoms with Gasteiger partial charge in [-0.15, -0.1) is 12.4 Å². The summed E-state index contributed by atoms with van der Waals surface area (Å²) < 4.78 is 0. The summed E-state index contributed by atoms with van der Waals surface area (Å²) in [6.45, 7) is 5.30. The lowest BCUT2D eigenvalue weighted by molar-refractivity contribution is -0.133. The number of carbonyl (C=O) groups is 1. The first-order valence-corrected chi connectivity index (χ1v) is 6.19. The molecule has 100 valence electrons. The average molecular weight is 269 g/mol. The van der Waals surface area contributed by atoms with Crippen LogP contribution < -0.4 is 5.73 Å². The second-order valence-corrected chi connectivity index (χ2v) is 5.08. The van der Waals surface area contributed by atoms with Crippen LogP contribution in [0.5, 0.6) is 0 Å². The Bertz CT molecular complexity index is 394. The maximum Gasteiger partial charge on any atom is 0.225 e. The Morgan fingerprint density at radius 2 is 1.89 bits per heavy atom. The SMILES string of the molecule is CC(C)C(=O)N1C[C@@H](N)[C@H](c2ccccc2)C1.Cl. The molecule has 1 aromatic rings. The topological polar surface area (TPSA) is 46.3 Å². The molecule has 0 bridgehead atoms. The summed E-state index contributed by atoms with van der Waals surface area (Å²) in [7, 11) is 0. The van der Waals surface area contributed by atoms with Crippen molar-refractivity contribution in [1.82, 2.24) is 4.90 Å². The first-order chi connectivity index (χ1) is 8.09. The van der Waals surface area contributed by atoms with E-state index in [4.69, 9.17) is 5.73 Å². The summed E-state index contributed by atoms with van der Waals surface area (Å²) in [6, 6.07) is 10.3. The second kappa shape index (κ2) is 6.21. The molecule has 1 heterocycles. The van der Waals surface area contributed by atoms with Gasteiger partial charge in [0.25, 0.3) is 0 Å². The molecule has 1 amide bonds. The molecule has 1 aliphatic rings. The Labute approximate surface area is 115 Å². The van der Waals surface area contributed by atoms with Crippen molar-refractivity contribution in [2.75, 3.05) is 13.1 Å². The molecule has 0 unspecified atom stereocenters. The fourth-order valence-corrected chi connectivity index (χ4v) is 2.43. The third-order valence-corrected chi connectivity index (χ3v) is 3.40. The smallest absolute Gasteiger partial charge is 0.225 e. The highest BCUT2D eigenvalue weighted by atomic mass is 35.5. The molecule has 0 saturated carbocycles. The summed E-state index contributed by atoms with van der Waals surface area (Å²) in [5.74, 6) is 0.537. The Kier molecular flexibility index (Phi) is 5.17. The molecule has 18 heavy (non-hydrogen) atoms. The molecule has 3 nitrogen and oxygen atoms in total. The fraction of sp³-hybridized carbons (Fsp3) is 0.500. The summed E-state index contributed by atoms with van der Waals surface area (Å²) in [4.78, 5) is 13.8. The number of amides is 1. The van der Waals surface area contributed by atoms with E-state index in [0.717, 1.165) is 6.54 Å². The molecule has 0 aromatic heterocycles. The van der Waals surface area contributed by atoms with Crippen molar-refractivity contribution in [1.29, 1.82) is 0 Å². The van der Waals surface area contributed by atoms with Crippen LogP contribution in [-0.4, -0.2) is 29.9 Å². The fourth-order valence-electron chi connectivity index (χ4n) is 2.43. The van der Waals surface area contributed by atoms with Crippen molar-refractivity contribution in [2.45, 2.75) is 25.8 Å². The van der Waals surface area contributed by atoms with Crippen LogP contribution in [0.3, 0.4) is 0 Å². The highest BCUT2D eigenvalue weighted by Gasteiger charge is 2.34. The zero-order valence-electron chi connectivity index (χ0n) is 10.9. The van der Waals surface area contributed by atoms with Crippen molar-refractivity contribution in [3.05, 3.63) is 35.9 Å². The summed E-state index contributed by atoms with van der Waals surface area (Å²) in [5, 5.41) is 0. The normalized spacial score (nSPS) is 23.0. The van der Waals surface area contributed by atoms with Crippen molar-refractivity contribution < 1.29 is 4.79 Å². The molecule has 0 aliphatic carbocycles. The van der Waals surface area contributed by atoms with E-state index in [9.17, 15) is 4.79 Å². The quantitative estimate of drug-likeness (QED) is 0.892. The van der Waals surface area contributed by atoms with Gasteiger partial charge in [0, 0.05) is 31.0 Å². The van der Waals surface area contributed by atoms with Crippen molar-refractivity contribution in [3.63, 3.8) is 0 Å². The molecule has 2 rings (SSSR count). The number of carbonyl (C=O) groups excluding carboxylic acids is 1. The first kappa shape index (κ1) is 15.0. The Morgan fingerprint density at radius 1 is 1.28 bits per heavy atom. The summed E-state index contributed by atoms with van der Waals surface area (Å²) in [6.07, 6.45) is 0. The standard InChI is InChI=1S/C14H20N2O.ClH/c1-10(2)14(17)16-8-12(13(15)9-16)11-6-4-3-5-7-11;/h3-7,10,12-13H,8-9,15H2,1-2H3;1H/t12-,13+;/m0./s1. The minimum Gasteiger partial charge on any atom is -0.340 e. The molecule has 4 heteroatoms. The van der Waals surface area contributed by atoms with Crippen LogP contribution in [0.1, 0.15) is 25.3 Å². The molecule has 1 aromatic carbocycles. The maximum absolute atomic E-state index is 11.9. The summed E-state index contributed by atoms with van der Waals surface area (Å²) in [5.41, 5.74) is 7.38. The first-order valence-electron chi connectivity index (χ1n) is 6.19.